The Kier molecular flexibility index (Phi) is 3.71. The number of pyridine rings is 1. The Hall–Kier alpha value is -2.20. The maximum Gasteiger partial charge on any atom is 0.335 e. The molecule has 0 radical (unpaired) electrons. The Labute approximate surface area is 124 Å². The minimum Gasteiger partial charge on any atom is -0.478 e. The van der Waals surface area contributed by atoms with Crippen LogP contribution in [0.2, 0.25) is 0 Å². The van der Waals surface area contributed by atoms with Crippen LogP contribution in [0.15, 0.2) is 42.5 Å². The number of aromatic carboxylic acids is 1. The third kappa shape index (κ3) is 2.81. The first-order chi connectivity index (χ1) is 10.1. The standard InChI is InChI=1S/C17H18N2O2/c1-19-11-3-6-16(19)15-5-2-4-14(18-15)12-7-9-13(10-8-12)17(20)21/h2,4-5,7-10,16H,3,6,11H2,1H3,(H,20,21). The number of hydrogen-bond donors (Lipinski definition) is 1. The molecule has 4 heteroatoms. The zero-order chi connectivity index (χ0) is 14.8. The van der Waals surface area contributed by atoms with E-state index in [4.69, 9.17) is 10.1 Å². The monoisotopic (exact) mass is 282 g/mol. The van der Waals surface area contributed by atoms with Crippen molar-refractivity contribution in [1.82, 2.24) is 9.88 Å². The topological polar surface area (TPSA) is 53.4 Å². The van der Waals surface area contributed by atoms with Gasteiger partial charge in [-0.3, -0.25) is 9.88 Å². The van der Waals surface area contributed by atoms with Crippen molar-refractivity contribution in [3.05, 3.63) is 53.7 Å². The first kappa shape index (κ1) is 13.8. The molecule has 0 bridgehead atoms. The van der Waals surface area contributed by atoms with E-state index in [0.717, 1.165) is 29.9 Å². The molecule has 1 aliphatic heterocycles. The van der Waals surface area contributed by atoms with Crippen molar-refractivity contribution in [2.24, 2.45) is 0 Å². The highest BCUT2D eigenvalue weighted by molar-refractivity contribution is 5.88. The van der Waals surface area contributed by atoms with Crippen molar-refractivity contribution in [1.29, 1.82) is 0 Å². The summed E-state index contributed by atoms with van der Waals surface area (Å²) in [6, 6.07) is 13.3. The Bertz CT molecular complexity index is 652. The summed E-state index contributed by atoms with van der Waals surface area (Å²) in [4.78, 5) is 18.0. The molecular weight excluding hydrogens is 264 g/mol. The summed E-state index contributed by atoms with van der Waals surface area (Å²) < 4.78 is 0. The molecule has 0 saturated carbocycles. The van der Waals surface area contributed by atoms with E-state index in [2.05, 4.69) is 18.0 Å². The van der Waals surface area contributed by atoms with Crippen LogP contribution >= 0.6 is 0 Å². The number of aromatic nitrogens is 1. The van der Waals surface area contributed by atoms with Gasteiger partial charge in [-0.2, -0.15) is 0 Å². The summed E-state index contributed by atoms with van der Waals surface area (Å²) in [7, 11) is 2.13. The molecule has 1 fully saturated rings. The van der Waals surface area contributed by atoms with Crippen LogP contribution in [-0.2, 0) is 0 Å². The molecule has 1 unspecified atom stereocenters. The van der Waals surface area contributed by atoms with Crippen LogP contribution in [0.1, 0.15) is 34.9 Å². The zero-order valence-corrected chi connectivity index (χ0v) is 12.0. The number of carboxylic acids is 1. The lowest BCUT2D eigenvalue weighted by Gasteiger charge is -2.19. The Morgan fingerprint density at radius 3 is 2.62 bits per heavy atom. The molecule has 1 aromatic heterocycles. The molecule has 0 aliphatic carbocycles. The van der Waals surface area contributed by atoms with Crippen molar-refractivity contribution in [3.8, 4) is 11.3 Å². The van der Waals surface area contributed by atoms with Crippen LogP contribution in [0.5, 0.6) is 0 Å². The van der Waals surface area contributed by atoms with Crippen LogP contribution in [-0.4, -0.2) is 34.6 Å². The van der Waals surface area contributed by atoms with E-state index in [9.17, 15) is 4.79 Å². The Morgan fingerprint density at radius 1 is 1.24 bits per heavy atom. The third-order valence-electron chi connectivity index (χ3n) is 4.06. The maximum atomic E-state index is 10.9. The van der Waals surface area contributed by atoms with Crippen molar-refractivity contribution >= 4 is 5.97 Å². The summed E-state index contributed by atoms with van der Waals surface area (Å²) in [6.45, 7) is 1.11. The predicted octanol–water partition coefficient (Wildman–Crippen LogP) is 3.21. The second-order valence-corrected chi connectivity index (χ2v) is 5.47. The van der Waals surface area contributed by atoms with Gasteiger partial charge >= 0.3 is 5.97 Å². The third-order valence-corrected chi connectivity index (χ3v) is 4.06. The molecule has 108 valence electrons. The SMILES string of the molecule is CN1CCCC1c1cccc(-c2ccc(C(=O)O)cc2)n1. The van der Waals surface area contributed by atoms with Gasteiger partial charge in [0, 0.05) is 5.56 Å². The minimum absolute atomic E-state index is 0.297. The van der Waals surface area contributed by atoms with Crippen molar-refractivity contribution in [2.75, 3.05) is 13.6 Å². The van der Waals surface area contributed by atoms with E-state index in [1.807, 2.05) is 24.3 Å². The van der Waals surface area contributed by atoms with Gasteiger partial charge in [0.2, 0.25) is 0 Å². The molecule has 3 rings (SSSR count). The molecule has 1 N–H and O–H groups in total. The largest absolute Gasteiger partial charge is 0.478 e. The van der Waals surface area contributed by atoms with Crippen LogP contribution in [0.25, 0.3) is 11.3 Å². The average Bonchev–Trinajstić information content (AvgIpc) is 2.94. The molecule has 1 saturated heterocycles. The summed E-state index contributed by atoms with van der Waals surface area (Å²) >= 11 is 0. The Balaban J connectivity index is 1.90. The molecular formula is C17H18N2O2. The summed E-state index contributed by atoms with van der Waals surface area (Å²) in [6.07, 6.45) is 2.35. The summed E-state index contributed by atoms with van der Waals surface area (Å²) in [5.41, 5.74) is 3.23. The van der Waals surface area contributed by atoms with Gasteiger partial charge in [-0.1, -0.05) is 18.2 Å². The predicted molar refractivity (Wildman–Crippen MR) is 81.2 cm³/mol. The fourth-order valence-corrected chi connectivity index (χ4v) is 2.87. The van der Waals surface area contributed by atoms with Gasteiger partial charge in [0.25, 0.3) is 0 Å². The molecule has 21 heavy (non-hydrogen) atoms. The fourth-order valence-electron chi connectivity index (χ4n) is 2.87. The molecule has 1 atom stereocenters. The summed E-state index contributed by atoms with van der Waals surface area (Å²) in [5.74, 6) is -0.907. The number of carboxylic acid groups (broad SMARTS) is 1. The van der Waals surface area contributed by atoms with Crippen LogP contribution in [0.3, 0.4) is 0 Å². The zero-order valence-electron chi connectivity index (χ0n) is 12.0. The van der Waals surface area contributed by atoms with Gasteiger partial charge in [-0.25, -0.2) is 4.79 Å². The second kappa shape index (κ2) is 5.66. The number of benzene rings is 1. The molecule has 2 heterocycles. The van der Waals surface area contributed by atoms with Gasteiger partial charge in [-0.15, -0.1) is 0 Å². The molecule has 4 nitrogen and oxygen atoms in total. The molecule has 1 aromatic carbocycles. The molecule has 1 aliphatic rings. The highest BCUT2D eigenvalue weighted by Gasteiger charge is 2.23. The van der Waals surface area contributed by atoms with E-state index in [1.54, 1.807) is 12.1 Å². The average molecular weight is 282 g/mol. The van der Waals surface area contributed by atoms with E-state index in [-0.39, 0.29) is 0 Å². The second-order valence-electron chi connectivity index (χ2n) is 5.47. The molecule has 0 spiro atoms. The minimum atomic E-state index is -0.907. The Morgan fingerprint density at radius 2 is 2.00 bits per heavy atom. The lowest BCUT2D eigenvalue weighted by molar-refractivity contribution is 0.0697. The smallest absolute Gasteiger partial charge is 0.335 e. The van der Waals surface area contributed by atoms with E-state index < -0.39 is 5.97 Å². The number of likely N-dealkylation sites (tertiary alicyclic amines) is 1. The summed E-state index contributed by atoms with van der Waals surface area (Å²) in [5, 5.41) is 8.94. The van der Waals surface area contributed by atoms with Gasteiger partial charge in [0.15, 0.2) is 0 Å². The van der Waals surface area contributed by atoms with Crippen LogP contribution < -0.4 is 0 Å². The number of rotatable bonds is 3. The van der Waals surface area contributed by atoms with Crippen molar-refractivity contribution < 1.29 is 9.90 Å². The van der Waals surface area contributed by atoms with Gasteiger partial charge in [0.1, 0.15) is 0 Å². The van der Waals surface area contributed by atoms with Gasteiger partial charge < -0.3 is 5.11 Å². The van der Waals surface area contributed by atoms with Crippen LogP contribution in [0, 0.1) is 0 Å². The van der Waals surface area contributed by atoms with Crippen LogP contribution in [0.4, 0.5) is 0 Å². The lowest BCUT2D eigenvalue weighted by Crippen LogP contribution is -2.18. The highest BCUT2D eigenvalue weighted by atomic mass is 16.4. The van der Waals surface area contributed by atoms with E-state index >= 15 is 0 Å². The number of hydrogen-bond acceptors (Lipinski definition) is 3. The van der Waals surface area contributed by atoms with Gasteiger partial charge in [0.05, 0.1) is 23.0 Å². The van der Waals surface area contributed by atoms with Crippen molar-refractivity contribution in [3.63, 3.8) is 0 Å². The normalized spacial score (nSPS) is 18.8. The lowest BCUT2D eigenvalue weighted by atomic mass is 10.1. The first-order valence-corrected chi connectivity index (χ1v) is 7.16. The van der Waals surface area contributed by atoms with E-state index in [0.29, 0.717) is 11.6 Å². The van der Waals surface area contributed by atoms with E-state index in [1.165, 1.54) is 6.42 Å². The highest BCUT2D eigenvalue weighted by Crippen LogP contribution is 2.30. The first-order valence-electron chi connectivity index (χ1n) is 7.16. The quantitative estimate of drug-likeness (QED) is 0.939. The molecule has 2 aromatic rings. The fraction of sp³-hybridized carbons (Fsp3) is 0.294. The number of carbonyl (C=O) groups is 1. The number of nitrogens with zero attached hydrogens (tertiary/aromatic N) is 2. The van der Waals surface area contributed by atoms with Gasteiger partial charge in [-0.05, 0) is 50.7 Å². The maximum absolute atomic E-state index is 10.9. The molecule has 0 amide bonds. The van der Waals surface area contributed by atoms with Crippen molar-refractivity contribution in [2.45, 2.75) is 18.9 Å².